The van der Waals surface area contributed by atoms with Gasteiger partial charge < -0.3 is 4.84 Å². The molecule has 1 aromatic heterocycles. The van der Waals surface area contributed by atoms with Gasteiger partial charge in [0.05, 0.1) is 10.5 Å². The maximum atomic E-state index is 12.0. The Balaban J connectivity index is 1.57. The summed E-state index contributed by atoms with van der Waals surface area (Å²) in [4.78, 5) is 43.5. The first-order valence-electron chi connectivity index (χ1n) is 8.63. The van der Waals surface area contributed by atoms with Crippen molar-refractivity contribution < 1.29 is 32.2 Å². The minimum Gasteiger partial charge on any atom is -0.325 e. The van der Waals surface area contributed by atoms with Crippen molar-refractivity contribution in [3.63, 3.8) is 0 Å². The van der Waals surface area contributed by atoms with Crippen LogP contribution in [-0.2, 0) is 31.0 Å². The Bertz CT molecular complexity index is 1100. The Labute approximate surface area is 171 Å². The summed E-state index contributed by atoms with van der Waals surface area (Å²) in [6.07, 6.45) is 2.70. The summed E-state index contributed by atoms with van der Waals surface area (Å²) in [7, 11) is -4.34. The van der Waals surface area contributed by atoms with Gasteiger partial charge in [0.15, 0.2) is 0 Å². The van der Waals surface area contributed by atoms with Crippen molar-refractivity contribution in [1.82, 2.24) is 10.0 Å². The number of hydrazone groups is 1. The summed E-state index contributed by atoms with van der Waals surface area (Å²) in [5.74, 6) is -1.78. The summed E-state index contributed by atoms with van der Waals surface area (Å²) in [5.41, 5.74) is 2.99. The number of hydrogen-bond acceptors (Lipinski definition) is 9. The number of carbonyl (C=O) groups is 3. The van der Waals surface area contributed by atoms with Crippen LogP contribution in [0.4, 0.5) is 5.82 Å². The van der Waals surface area contributed by atoms with Crippen molar-refractivity contribution in [1.29, 1.82) is 0 Å². The molecule has 0 radical (unpaired) electrons. The molecule has 12 heteroatoms. The van der Waals surface area contributed by atoms with E-state index < -0.39 is 27.9 Å². The molecular formula is C18H16N4O7S. The predicted molar refractivity (Wildman–Crippen MR) is 103 cm³/mol. The second kappa shape index (κ2) is 8.80. The standard InChI is InChI=1S/C18H16N4O7S/c23-16-7-8-17(24)22(16)29-18(25)13-5-6-15(19-11-13)21-20-10-9-12-3-1-2-4-14(12)30(26,27)28/h1-6,10-11H,7-9H2,(H,19,21)(H,26,27,28). The van der Waals surface area contributed by atoms with E-state index in [1.807, 2.05) is 0 Å². The van der Waals surface area contributed by atoms with Gasteiger partial charge in [-0.2, -0.15) is 13.5 Å². The Morgan fingerprint density at radius 3 is 2.53 bits per heavy atom. The molecule has 11 nitrogen and oxygen atoms in total. The van der Waals surface area contributed by atoms with Crippen LogP contribution in [0.2, 0.25) is 0 Å². The van der Waals surface area contributed by atoms with Crippen molar-refractivity contribution >= 4 is 39.9 Å². The molecule has 1 saturated heterocycles. The van der Waals surface area contributed by atoms with Crippen molar-refractivity contribution in [2.45, 2.75) is 24.2 Å². The third kappa shape index (κ3) is 5.04. The first-order chi connectivity index (χ1) is 14.3. The molecule has 1 aliphatic heterocycles. The van der Waals surface area contributed by atoms with Crippen LogP contribution in [-0.4, -0.2) is 47.0 Å². The van der Waals surface area contributed by atoms with E-state index in [2.05, 4.69) is 15.5 Å². The lowest BCUT2D eigenvalue weighted by molar-refractivity contribution is -0.172. The third-order valence-electron chi connectivity index (χ3n) is 4.01. The zero-order valence-corrected chi connectivity index (χ0v) is 16.2. The van der Waals surface area contributed by atoms with Crippen LogP contribution in [0.5, 0.6) is 0 Å². The van der Waals surface area contributed by atoms with E-state index in [-0.39, 0.29) is 35.5 Å². The average Bonchev–Trinajstić information content (AvgIpc) is 3.03. The number of nitrogens with one attached hydrogen (secondary N) is 1. The van der Waals surface area contributed by atoms with Gasteiger partial charge in [0.2, 0.25) is 0 Å². The molecular weight excluding hydrogens is 416 g/mol. The lowest BCUT2D eigenvalue weighted by Crippen LogP contribution is -2.32. The summed E-state index contributed by atoms with van der Waals surface area (Å²) in [6, 6.07) is 8.75. The molecule has 2 N–H and O–H groups in total. The molecule has 2 aromatic rings. The van der Waals surface area contributed by atoms with Crippen molar-refractivity contribution in [3.8, 4) is 0 Å². The molecule has 156 valence electrons. The summed E-state index contributed by atoms with van der Waals surface area (Å²) in [5, 5.41) is 4.36. The SMILES string of the molecule is O=C(ON1C(=O)CCC1=O)c1ccc(NN=CCc2ccccc2S(=O)(=O)O)nc1. The Morgan fingerprint density at radius 1 is 1.20 bits per heavy atom. The molecule has 30 heavy (non-hydrogen) atoms. The Kier molecular flexibility index (Phi) is 6.18. The molecule has 0 spiro atoms. The lowest BCUT2D eigenvalue weighted by atomic mass is 10.2. The number of pyridine rings is 1. The van der Waals surface area contributed by atoms with Gasteiger partial charge in [-0.05, 0) is 23.8 Å². The highest BCUT2D eigenvalue weighted by atomic mass is 32.2. The molecule has 0 aliphatic carbocycles. The molecule has 0 atom stereocenters. The van der Waals surface area contributed by atoms with Crippen LogP contribution in [0.1, 0.15) is 28.8 Å². The number of carbonyl (C=O) groups excluding carboxylic acids is 3. The molecule has 0 saturated carbocycles. The van der Waals surface area contributed by atoms with Gasteiger partial charge in [-0.3, -0.25) is 19.6 Å². The first-order valence-corrected chi connectivity index (χ1v) is 10.1. The monoisotopic (exact) mass is 432 g/mol. The third-order valence-corrected chi connectivity index (χ3v) is 4.97. The van der Waals surface area contributed by atoms with E-state index in [9.17, 15) is 27.4 Å². The van der Waals surface area contributed by atoms with E-state index in [4.69, 9.17) is 4.84 Å². The fourth-order valence-corrected chi connectivity index (χ4v) is 3.29. The number of aromatic nitrogens is 1. The maximum absolute atomic E-state index is 12.0. The highest BCUT2D eigenvalue weighted by Gasteiger charge is 2.33. The zero-order valence-electron chi connectivity index (χ0n) is 15.4. The first kappa shape index (κ1) is 21.1. The number of nitrogens with zero attached hydrogens (tertiary/aromatic N) is 3. The zero-order chi connectivity index (χ0) is 21.7. The van der Waals surface area contributed by atoms with Gasteiger partial charge in [-0.1, -0.05) is 18.2 Å². The molecule has 1 fully saturated rings. The quantitative estimate of drug-likeness (QED) is 0.284. The van der Waals surface area contributed by atoms with Crippen LogP contribution in [0.25, 0.3) is 0 Å². The van der Waals surface area contributed by atoms with Gasteiger partial charge in [0.1, 0.15) is 5.82 Å². The fraction of sp³-hybridized carbons (Fsp3) is 0.167. The Hall–Kier alpha value is -3.64. The molecule has 2 amide bonds. The molecule has 3 rings (SSSR count). The van der Waals surface area contributed by atoms with Crippen LogP contribution in [0.15, 0.2) is 52.6 Å². The van der Waals surface area contributed by atoms with Gasteiger partial charge in [0.25, 0.3) is 21.9 Å². The topological polar surface area (TPSA) is 155 Å². The number of hydrogen-bond donors (Lipinski definition) is 2. The molecule has 1 aliphatic rings. The second-order valence-electron chi connectivity index (χ2n) is 6.10. The normalized spacial score (nSPS) is 14.4. The second-order valence-corrected chi connectivity index (χ2v) is 7.49. The van der Waals surface area contributed by atoms with Gasteiger partial charge in [0, 0.05) is 31.7 Å². The number of amides is 2. The highest BCUT2D eigenvalue weighted by Crippen LogP contribution is 2.16. The summed E-state index contributed by atoms with van der Waals surface area (Å²) >= 11 is 0. The van der Waals surface area contributed by atoms with Crippen LogP contribution < -0.4 is 5.43 Å². The number of rotatable bonds is 7. The number of benzene rings is 1. The lowest BCUT2D eigenvalue weighted by Gasteiger charge is -2.12. The van der Waals surface area contributed by atoms with Gasteiger partial charge >= 0.3 is 5.97 Å². The molecule has 1 aromatic carbocycles. The highest BCUT2D eigenvalue weighted by molar-refractivity contribution is 7.85. The predicted octanol–water partition coefficient (Wildman–Crippen LogP) is 1.19. The minimum absolute atomic E-state index is 0.0000648. The molecule has 0 bridgehead atoms. The minimum atomic E-state index is -4.34. The largest absolute Gasteiger partial charge is 0.365 e. The fourth-order valence-electron chi connectivity index (χ4n) is 2.55. The van der Waals surface area contributed by atoms with Gasteiger partial charge in [-0.15, -0.1) is 5.06 Å². The average molecular weight is 432 g/mol. The van der Waals surface area contributed by atoms with Crippen LogP contribution >= 0.6 is 0 Å². The molecule has 2 heterocycles. The van der Waals surface area contributed by atoms with E-state index in [1.165, 1.54) is 36.7 Å². The number of anilines is 1. The summed E-state index contributed by atoms with van der Waals surface area (Å²) < 4.78 is 31.9. The van der Waals surface area contributed by atoms with Crippen molar-refractivity contribution in [3.05, 3.63) is 53.7 Å². The molecule has 0 unspecified atom stereocenters. The van der Waals surface area contributed by atoms with Crippen LogP contribution in [0, 0.1) is 0 Å². The van der Waals surface area contributed by atoms with Crippen molar-refractivity contribution in [2.24, 2.45) is 5.10 Å². The number of imide groups is 1. The van der Waals surface area contributed by atoms with Crippen molar-refractivity contribution in [2.75, 3.05) is 5.43 Å². The smallest absolute Gasteiger partial charge is 0.325 e. The van der Waals surface area contributed by atoms with E-state index in [0.717, 1.165) is 0 Å². The van der Waals surface area contributed by atoms with E-state index in [1.54, 1.807) is 12.1 Å². The Morgan fingerprint density at radius 2 is 1.90 bits per heavy atom. The summed E-state index contributed by atoms with van der Waals surface area (Å²) in [6.45, 7) is 0. The maximum Gasteiger partial charge on any atom is 0.365 e. The number of hydroxylamine groups is 2. The van der Waals surface area contributed by atoms with Gasteiger partial charge in [-0.25, -0.2) is 9.78 Å². The van der Waals surface area contributed by atoms with E-state index >= 15 is 0 Å². The van der Waals surface area contributed by atoms with E-state index in [0.29, 0.717) is 10.6 Å². The van der Waals surface area contributed by atoms with Crippen LogP contribution in [0.3, 0.4) is 0 Å².